The fourth-order valence-electron chi connectivity index (χ4n) is 2.54. The Morgan fingerprint density at radius 3 is 2.65 bits per heavy atom. The predicted octanol–water partition coefficient (Wildman–Crippen LogP) is 2.17. The first-order valence-electron chi connectivity index (χ1n) is 8.95. The third-order valence-electron chi connectivity index (χ3n) is 4.07. The van der Waals surface area contributed by atoms with Gasteiger partial charge in [-0.15, -0.1) is 0 Å². The Morgan fingerprint density at radius 1 is 1.19 bits per heavy atom. The molecule has 0 bridgehead atoms. The maximum absolute atomic E-state index is 12.4. The summed E-state index contributed by atoms with van der Waals surface area (Å²) in [6.45, 7) is 3.09. The fourth-order valence-corrected chi connectivity index (χ4v) is 2.54. The van der Waals surface area contributed by atoms with Gasteiger partial charge in [0.05, 0.1) is 12.7 Å². The molecule has 0 radical (unpaired) electrons. The normalized spacial score (nSPS) is 10.4. The molecule has 0 aromatic heterocycles. The molecule has 0 aliphatic rings. The number of amides is 1. The Hall–Kier alpha value is -2.31. The van der Waals surface area contributed by atoms with E-state index >= 15 is 0 Å². The van der Waals surface area contributed by atoms with Crippen molar-refractivity contribution in [2.75, 3.05) is 20.3 Å². The highest BCUT2D eigenvalue weighted by Crippen LogP contribution is 2.16. The van der Waals surface area contributed by atoms with Crippen LogP contribution in [-0.2, 0) is 11.1 Å². The molecular weight excluding hydrogens is 329 g/mol. The van der Waals surface area contributed by atoms with Crippen molar-refractivity contribution < 1.29 is 19.2 Å². The maximum Gasteiger partial charge on any atom is 0.491 e. The number of methoxy groups -OCH3 is 1. The molecule has 0 saturated carbocycles. The highest BCUT2D eigenvalue weighted by atomic mass is 16.5. The van der Waals surface area contributed by atoms with Gasteiger partial charge in [0.15, 0.2) is 0 Å². The van der Waals surface area contributed by atoms with Crippen molar-refractivity contribution in [1.82, 2.24) is 5.32 Å². The van der Waals surface area contributed by atoms with Gasteiger partial charge < -0.3 is 19.7 Å². The lowest BCUT2D eigenvalue weighted by molar-refractivity contribution is 0.0951. The van der Waals surface area contributed by atoms with Crippen LogP contribution in [0.15, 0.2) is 48.5 Å². The van der Waals surface area contributed by atoms with Crippen molar-refractivity contribution in [1.29, 1.82) is 0 Å². The molecule has 26 heavy (non-hydrogen) atoms. The number of hydrogen-bond donors (Lipinski definition) is 2. The summed E-state index contributed by atoms with van der Waals surface area (Å²) in [5.41, 5.74) is 2.17. The standard InChI is InChI=1S/C20H26BNO4/c1-3-4-14-26-21(24)17-10-11-18(19(15-17)25-2)20(23)22-13-12-16-8-6-5-7-9-16/h5-11,15,24H,3-4,12-14H2,1-2H3,(H,22,23). The lowest BCUT2D eigenvalue weighted by Gasteiger charge is -2.13. The molecule has 0 fully saturated rings. The monoisotopic (exact) mass is 355 g/mol. The maximum atomic E-state index is 12.4. The van der Waals surface area contributed by atoms with E-state index in [9.17, 15) is 9.82 Å². The Bertz CT molecular complexity index is 693. The van der Waals surface area contributed by atoms with Gasteiger partial charge in [-0.25, -0.2) is 0 Å². The van der Waals surface area contributed by atoms with Crippen LogP contribution in [0, 0.1) is 0 Å². The van der Waals surface area contributed by atoms with Crippen LogP contribution >= 0.6 is 0 Å². The Kier molecular flexibility index (Phi) is 8.18. The second-order valence-electron chi connectivity index (χ2n) is 6.03. The fraction of sp³-hybridized carbons (Fsp3) is 0.350. The summed E-state index contributed by atoms with van der Waals surface area (Å²) >= 11 is 0. The molecule has 0 aliphatic carbocycles. The van der Waals surface area contributed by atoms with E-state index in [1.807, 2.05) is 30.3 Å². The van der Waals surface area contributed by atoms with Crippen LogP contribution in [-0.4, -0.2) is 38.3 Å². The summed E-state index contributed by atoms with van der Waals surface area (Å²) in [5, 5.41) is 13.0. The molecule has 138 valence electrons. The van der Waals surface area contributed by atoms with Crippen molar-refractivity contribution in [2.24, 2.45) is 0 Å². The zero-order valence-electron chi connectivity index (χ0n) is 15.4. The molecule has 6 heteroatoms. The van der Waals surface area contributed by atoms with E-state index in [4.69, 9.17) is 9.39 Å². The number of carbonyl (C=O) groups is 1. The van der Waals surface area contributed by atoms with Crippen LogP contribution in [0.4, 0.5) is 0 Å². The quantitative estimate of drug-likeness (QED) is 0.506. The van der Waals surface area contributed by atoms with E-state index in [1.54, 1.807) is 18.2 Å². The average Bonchev–Trinajstić information content (AvgIpc) is 2.68. The van der Waals surface area contributed by atoms with E-state index in [0.717, 1.165) is 19.3 Å². The van der Waals surface area contributed by atoms with Crippen LogP contribution in [0.25, 0.3) is 0 Å². The second kappa shape index (κ2) is 10.6. The van der Waals surface area contributed by atoms with Gasteiger partial charge in [-0.05, 0) is 36.0 Å². The third kappa shape index (κ3) is 5.90. The van der Waals surface area contributed by atoms with Gasteiger partial charge in [0.2, 0.25) is 0 Å². The molecule has 0 heterocycles. The minimum Gasteiger partial charge on any atom is -0.496 e. The first-order valence-corrected chi connectivity index (χ1v) is 8.95. The van der Waals surface area contributed by atoms with E-state index in [-0.39, 0.29) is 5.91 Å². The van der Waals surface area contributed by atoms with E-state index in [0.29, 0.717) is 29.9 Å². The number of benzene rings is 2. The van der Waals surface area contributed by atoms with Gasteiger partial charge in [0, 0.05) is 13.2 Å². The molecule has 2 aromatic rings. The molecule has 0 aliphatic heterocycles. The first-order chi connectivity index (χ1) is 12.7. The van der Waals surface area contributed by atoms with Crippen molar-refractivity contribution in [2.45, 2.75) is 26.2 Å². The van der Waals surface area contributed by atoms with E-state index in [1.165, 1.54) is 12.7 Å². The predicted molar refractivity (Wildman–Crippen MR) is 104 cm³/mol. The average molecular weight is 355 g/mol. The lowest BCUT2D eigenvalue weighted by Crippen LogP contribution is -2.34. The molecule has 5 nitrogen and oxygen atoms in total. The van der Waals surface area contributed by atoms with Gasteiger partial charge in [0.25, 0.3) is 5.91 Å². The molecular formula is C20H26BNO4. The number of carbonyl (C=O) groups excluding carboxylic acids is 1. The molecule has 2 N–H and O–H groups in total. The summed E-state index contributed by atoms with van der Waals surface area (Å²) in [4.78, 5) is 12.4. The molecule has 2 rings (SSSR count). The number of hydrogen-bond acceptors (Lipinski definition) is 4. The summed E-state index contributed by atoms with van der Waals surface area (Å²) < 4.78 is 10.7. The van der Waals surface area contributed by atoms with Gasteiger partial charge in [0.1, 0.15) is 5.75 Å². The van der Waals surface area contributed by atoms with E-state index in [2.05, 4.69) is 12.2 Å². The number of rotatable bonds is 10. The summed E-state index contributed by atoms with van der Waals surface area (Å²) in [5.74, 6) is 0.212. The summed E-state index contributed by atoms with van der Waals surface area (Å²) in [7, 11) is 0.482. The van der Waals surface area contributed by atoms with Gasteiger partial charge >= 0.3 is 7.12 Å². The number of ether oxygens (including phenoxy) is 1. The Balaban J connectivity index is 1.96. The third-order valence-corrected chi connectivity index (χ3v) is 4.07. The molecule has 0 atom stereocenters. The van der Waals surface area contributed by atoms with Crippen molar-refractivity contribution in [3.63, 3.8) is 0 Å². The topological polar surface area (TPSA) is 67.8 Å². The lowest BCUT2D eigenvalue weighted by atomic mass is 9.79. The van der Waals surface area contributed by atoms with Crippen LogP contribution in [0.1, 0.15) is 35.7 Å². The van der Waals surface area contributed by atoms with Crippen LogP contribution in [0.5, 0.6) is 5.75 Å². The Morgan fingerprint density at radius 2 is 1.96 bits per heavy atom. The van der Waals surface area contributed by atoms with Crippen molar-refractivity contribution in [3.8, 4) is 5.75 Å². The molecule has 0 saturated heterocycles. The molecule has 2 aromatic carbocycles. The number of unbranched alkanes of at least 4 members (excludes halogenated alkanes) is 1. The summed E-state index contributed by atoms with van der Waals surface area (Å²) in [6, 6.07) is 15.0. The van der Waals surface area contributed by atoms with Gasteiger partial charge in [-0.2, -0.15) is 0 Å². The Labute approximate surface area is 155 Å². The molecule has 0 unspecified atom stereocenters. The van der Waals surface area contributed by atoms with E-state index < -0.39 is 7.12 Å². The zero-order chi connectivity index (χ0) is 18.8. The zero-order valence-corrected chi connectivity index (χ0v) is 15.4. The highest BCUT2D eigenvalue weighted by Gasteiger charge is 2.20. The second-order valence-corrected chi connectivity index (χ2v) is 6.03. The largest absolute Gasteiger partial charge is 0.496 e. The van der Waals surface area contributed by atoms with Crippen LogP contribution < -0.4 is 15.5 Å². The van der Waals surface area contributed by atoms with Crippen LogP contribution in [0.3, 0.4) is 0 Å². The minimum atomic E-state index is -1.02. The van der Waals surface area contributed by atoms with Crippen LogP contribution in [0.2, 0.25) is 0 Å². The minimum absolute atomic E-state index is 0.203. The smallest absolute Gasteiger partial charge is 0.491 e. The first kappa shape index (κ1) is 20.0. The number of nitrogens with one attached hydrogen (secondary N) is 1. The van der Waals surface area contributed by atoms with Gasteiger partial charge in [-0.3, -0.25) is 4.79 Å². The van der Waals surface area contributed by atoms with Gasteiger partial charge in [-0.1, -0.05) is 49.7 Å². The molecule has 0 spiro atoms. The summed E-state index contributed by atoms with van der Waals surface area (Å²) in [6.07, 6.45) is 2.64. The van der Waals surface area contributed by atoms with Crippen molar-refractivity contribution >= 4 is 18.5 Å². The molecule has 1 amide bonds. The van der Waals surface area contributed by atoms with Crippen molar-refractivity contribution in [3.05, 3.63) is 59.7 Å². The SMILES string of the molecule is CCCCOB(O)c1ccc(C(=O)NCCc2ccccc2)c(OC)c1. The highest BCUT2D eigenvalue weighted by molar-refractivity contribution is 6.60.